The first-order valence-electron chi connectivity index (χ1n) is 21.0. The molecule has 11 rings (SSSR count). The summed E-state index contributed by atoms with van der Waals surface area (Å²) in [6.45, 7) is 0. The summed E-state index contributed by atoms with van der Waals surface area (Å²) in [5.74, 6) is 0. The van der Waals surface area contributed by atoms with E-state index in [-0.39, 0.29) is 6.04 Å². The second-order valence-corrected chi connectivity index (χ2v) is 15.7. The van der Waals surface area contributed by atoms with Crippen LogP contribution < -0.4 is 4.90 Å². The molecule has 288 valence electrons. The fourth-order valence-electron chi connectivity index (χ4n) is 9.17. The second-order valence-electron chi connectivity index (χ2n) is 15.7. The van der Waals surface area contributed by atoms with E-state index >= 15 is 0 Å². The van der Waals surface area contributed by atoms with Gasteiger partial charge in [0.1, 0.15) is 0 Å². The van der Waals surface area contributed by atoms with Crippen LogP contribution in [0.25, 0.3) is 77.1 Å². The average molecular weight is 779 g/mol. The van der Waals surface area contributed by atoms with Crippen LogP contribution in [-0.4, -0.2) is 4.57 Å². The summed E-state index contributed by atoms with van der Waals surface area (Å²) < 4.78 is 2.50. The number of fused-ring (bicyclic) bond motifs is 5. The third kappa shape index (κ3) is 6.75. The molecular weight excluding hydrogens is 737 g/mol. The number of allylic oxidation sites excluding steroid dienone is 6. The highest BCUT2D eigenvalue weighted by Crippen LogP contribution is 2.44. The van der Waals surface area contributed by atoms with E-state index in [0.29, 0.717) is 0 Å². The lowest BCUT2D eigenvalue weighted by Crippen LogP contribution is -2.10. The van der Waals surface area contributed by atoms with E-state index < -0.39 is 0 Å². The highest BCUT2D eigenvalue weighted by Gasteiger charge is 2.21. The first-order chi connectivity index (χ1) is 30.3. The van der Waals surface area contributed by atoms with Crippen molar-refractivity contribution in [3.8, 4) is 44.5 Å². The minimum Gasteiger partial charge on any atom is -0.330 e. The molecule has 0 N–H and O–H groups in total. The van der Waals surface area contributed by atoms with E-state index in [1.165, 1.54) is 77.1 Å². The van der Waals surface area contributed by atoms with Gasteiger partial charge in [-0.05, 0) is 110 Å². The Bertz CT molecular complexity index is 3280. The van der Waals surface area contributed by atoms with Gasteiger partial charge >= 0.3 is 0 Å². The van der Waals surface area contributed by atoms with Crippen LogP contribution in [0.15, 0.2) is 249 Å². The Morgan fingerprint density at radius 2 is 0.852 bits per heavy atom. The minimum absolute atomic E-state index is 0.0777. The van der Waals surface area contributed by atoms with Crippen LogP contribution in [0, 0.1) is 0 Å². The van der Waals surface area contributed by atoms with Crippen molar-refractivity contribution >= 4 is 49.6 Å². The van der Waals surface area contributed by atoms with Gasteiger partial charge in [0.05, 0.1) is 17.1 Å². The maximum Gasteiger partial charge on any atom is 0.0712 e. The van der Waals surface area contributed by atoms with Crippen LogP contribution >= 0.6 is 0 Å². The summed E-state index contributed by atoms with van der Waals surface area (Å²) in [4.78, 5) is 2.40. The lowest BCUT2D eigenvalue weighted by atomic mass is 9.96. The third-order valence-corrected chi connectivity index (χ3v) is 12.0. The summed E-state index contributed by atoms with van der Waals surface area (Å²) in [7, 11) is 0. The van der Waals surface area contributed by atoms with Gasteiger partial charge in [-0.25, -0.2) is 0 Å². The van der Waals surface area contributed by atoms with Crippen molar-refractivity contribution in [3.63, 3.8) is 0 Å². The Balaban J connectivity index is 1.07. The van der Waals surface area contributed by atoms with Gasteiger partial charge in [-0.15, -0.1) is 0 Å². The molecule has 2 nitrogen and oxygen atoms in total. The van der Waals surface area contributed by atoms with Crippen molar-refractivity contribution in [1.29, 1.82) is 0 Å². The van der Waals surface area contributed by atoms with Crippen LogP contribution in [0.3, 0.4) is 0 Å². The number of rotatable bonds is 8. The summed E-state index contributed by atoms with van der Waals surface area (Å²) in [5, 5.41) is 5.06. The molecule has 9 aromatic carbocycles. The molecule has 61 heavy (non-hydrogen) atoms. The maximum atomic E-state index is 2.50. The molecule has 0 atom stereocenters. The Morgan fingerprint density at radius 3 is 1.54 bits per heavy atom. The van der Waals surface area contributed by atoms with Gasteiger partial charge < -0.3 is 9.47 Å². The summed E-state index contributed by atoms with van der Waals surface area (Å²) in [6.07, 6.45) is 13.1. The average Bonchev–Trinajstić information content (AvgIpc) is 3.45. The molecule has 0 spiro atoms. The van der Waals surface area contributed by atoms with Gasteiger partial charge in [-0.2, -0.15) is 0 Å². The Hall–Kier alpha value is -7.94. The Kier molecular flexibility index (Phi) is 9.29. The van der Waals surface area contributed by atoms with E-state index in [4.69, 9.17) is 0 Å². The second kappa shape index (κ2) is 15.7. The van der Waals surface area contributed by atoms with Gasteiger partial charge in [-0.3, -0.25) is 0 Å². The smallest absolute Gasteiger partial charge is 0.0712 e. The molecule has 0 amide bonds. The number of aromatic nitrogens is 1. The lowest BCUT2D eigenvalue weighted by molar-refractivity contribution is 0.783. The molecule has 1 aromatic heterocycles. The predicted molar refractivity (Wildman–Crippen MR) is 260 cm³/mol. The molecule has 0 fully saturated rings. The lowest BCUT2D eigenvalue weighted by Gasteiger charge is -2.27. The van der Waals surface area contributed by atoms with Gasteiger partial charge in [-0.1, -0.05) is 194 Å². The van der Waals surface area contributed by atoms with Crippen molar-refractivity contribution in [2.45, 2.75) is 6.04 Å². The van der Waals surface area contributed by atoms with E-state index in [9.17, 15) is 0 Å². The van der Waals surface area contributed by atoms with Crippen LogP contribution in [-0.2, 0) is 0 Å². The monoisotopic (exact) mass is 778 g/mol. The van der Waals surface area contributed by atoms with Gasteiger partial charge in [0.25, 0.3) is 0 Å². The molecule has 0 radical (unpaired) electrons. The fraction of sp³-hybridized carbons (Fsp3) is 0.0169. The van der Waals surface area contributed by atoms with Gasteiger partial charge in [0.15, 0.2) is 0 Å². The SMILES string of the molecule is C1=CC=CC(n2c3cccc(-c4cccc(N(c5ccc(-c6cccc(-c7ccccc7)c6)cc5)c5cccc(-c6ccccc6)c5)c4)c3c3c4ccccc4ccc32)C=C1. The number of benzene rings is 9. The molecule has 10 aromatic rings. The largest absolute Gasteiger partial charge is 0.330 e. The number of hydrogen-bond acceptors (Lipinski definition) is 1. The van der Waals surface area contributed by atoms with Crippen molar-refractivity contribution in [3.05, 3.63) is 249 Å². The Morgan fingerprint density at radius 1 is 0.328 bits per heavy atom. The zero-order valence-electron chi connectivity index (χ0n) is 33.6. The maximum absolute atomic E-state index is 2.50. The highest BCUT2D eigenvalue weighted by molar-refractivity contribution is 6.24. The van der Waals surface area contributed by atoms with Gasteiger partial charge in [0.2, 0.25) is 0 Å². The van der Waals surface area contributed by atoms with Crippen LogP contribution in [0.5, 0.6) is 0 Å². The van der Waals surface area contributed by atoms with Gasteiger partial charge in [0, 0.05) is 27.8 Å². The van der Waals surface area contributed by atoms with Crippen molar-refractivity contribution < 1.29 is 0 Å². The first-order valence-corrected chi connectivity index (χ1v) is 21.0. The fourth-order valence-corrected chi connectivity index (χ4v) is 9.17. The molecule has 0 saturated carbocycles. The van der Waals surface area contributed by atoms with E-state index in [2.05, 4.69) is 258 Å². The number of hydrogen-bond donors (Lipinski definition) is 0. The molecule has 0 bridgehead atoms. The molecule has 2 heteroatoms. The molecule has 0 unspecified atom stereocenters. The third-order valence-electron chi connectivity index (χ3n) is 12.0. The van der Waals surface area contributed by atoms with Crippen LogP contribution in [0.1, 0.15) is 6.04 Å². The molecule has 1 heterocycles. The zero-order valence-corrected chi connectivity index (χ0v) is 33.6. The van der Waals surface area contributed by atoms with Crippen LogP contribution in [0.4, 0.5) is 17.1 Å². The van der Waals surface area contributed by atoms with E-state index in [1.54, 1.807) is 0 Å². The molecule has 1 aliphatic rings. The zero-order chi connectivity index (χ0) is 40.5. The standard InChI is InChI=1S/C59H42N2/c1-2-10-27-50(26-9-1)61-56-32-16-31-55(59(56)58-54-30-12-11-21-45(54)35-38-57(58)61)49-25-15-29-53(41-49)60(52-28-14-24-48(40-52)43-19-7-4-8-20-43)51-36-33-44(34-37-51)47-23-13-22-46(39-47)42-17-5-3-6-18-42/h1-41,50H. The van der Waals surface area contributed by atoms with Crippen molar-refractivity contribution in [1.82, 2.24) is 4.57 Å². The van der Waals surface area contributed by atoms with Crippen LogP contribution in [0.2, 0.25) is 0 Å². The molecule has 0 saturated heterocycles. The molecule has 1 aliphatic carbocycles. The predicted octanol–water partition coefficient (Wildman–Crippen LogP) is 16.3. The summed E-state index contributed by atoms with van der Waals surface area (Å²) in [6, 6.07) is 77.3. The van der Waals surface area contributed by atoms with Crippen molar-refractivity contribution in [2.75, 3.05) is 4.90 Å². The summed E-state index contributed by atoms with van der Waals surface area (Å²) >= 11 is 0. The first kappa shape index (κ1) is 36.2. The molecular formula is C59H42N2. The number of nitrogens with zero attached hydrogens (tertiary/aromatic N) is 2. The summed E-state index contributed by atoms with van der Waals surface area (Å²) in [5.41, 5.74) is 15.3. The highest BCUT2D eigenvalue weighted by atomic mass is 15.1. The quantitative estimate of drug-likeness (QED) is 0.149. The number of anilines is 3. The topological polar surface area (TPSA) is 8.17 Å². The minimum atomic E-state index is 0.0777. The van der Waals surface area contributed by atoms with E-state index in [0.717, 1.165) is 17.1 Å². The normalized spacial score (nSPS) is 12.7. The molecule has 0 aliphatic heterocycles. The van der Waals surface area contributed by atoms with Crippen molar-refractivity contribution in [2.24, 2.45) is 0 Å². The van der Waals surface area contributed by atoms with E-state index in [1.807, 2.05) is 0 Å². The Labute approximate surface area is 356 Å².